The highest BCUT2D eigenvalue weighted by Gasteiger charge is 2.16. The minimum absolute atomic E-state index is 0.425. The highest BCUT2D eigenvalue weighted by Crippen LogP contribution is 2.27. The fourth-order valence-electron chi connectivity index (χ4n) is 2.57. The van der Waals surface area contributed by atoms with E-state index in [1.165, 1.54) is 32.1 Å². The minimum atomic E-state index is -0.425. The van der Waals surface area contributed by atoms with Crippen LogP contribution in [0.1, 0.15) is 63.5 Å². The summed E-state index contributed by atoms with van der Waals surface area (Å²) >= 11 is 0. The molecule has 3 nitrogen and oxygen atoms in total. The van der Waals surface area contributed by atoms with Crippen LogP contribution in [0, 0.1) is 5.92 Å². The highest BCUT2D eigenvalue weighted by atomic mass is 16.6. The van der Waals surface area contributed by atoms with Crippen molar-refractivity contribution < 1.29 is 14.3 Å². The zero-order chi connectivity index (χ0) is 12.8. The van der Waals surface area contributed by atoms with Crippen LogP contribution in [0.3, 0.4) is 0 Å². The van der Waals surface area contributed by atoms with Crippen molar-refractivity contribution in [2.45, 2.75) is 58.0 Å². The van der Waals surface area contributed by atoms with Gasteiger partial charge in [0.15, 0.2) is 0 Å². The molecule has 1 unspecified atom stereocenters. The summed E-state index contributed by atoms with van der Waals surface area (Å²) in [5.41, 5.74) is 0.829. The lowest BCUT2D eigenvalue weighted by Gasteiger charge is -2.20. The number of hydrogen-bond donors (Lipinski definition) is 1. The van der Waals surface area contributed by atoms with Gasteiger partial charge in [-0.2, -0.15) is 0 Å². The van der Waals surface area contributed by atoms with Gasteiger partial charge in [0.2, 0.25) is 0 Å². The molecule has 0 amide bonds. The summed E-state index contributed by atoms with van der Waals surface area (Å²) in [6, 6.07) is 1.82. The third-order valence-electron chi connectivity index (χ3n) is 3.73. The molecule has 18 heavy (non-hydrogen) atoms. The van der Waals surface area contributed by atoms with E-state index in [-0.39, 0.29) is 0 Å². The first-order chi connectivity index (χ1) is 8.79. The predicted molar refractivity (Wildman–Crippen MR) is 70.6 cm³/mol. The maximum Gasteiger partial charge on any atom is 0.284 e. The number of ether oxygens (including phenoxy) is 1. The minimum Gasteiger partial charge on any atom is -0.465 e. The van der Waals surface area contributed by atoms with Crippen LogP contribution >= 0.6 is 0 Å². The van der Waals surface area contributed by atoms with Crippen LogP contribution in [-0.4, -0.2) is 11.7 Å². The van der Waals surface area contributed by atoms with E-state index in [0.29, 0.717) is 11.9 Å². The second-order valence-electron chi connectivity index (χ2n) is 5.32. The molecule has 1 aliphatic carbocycles. The standard InChI is InChI=1S/C15H24O3/c1-2-6-14(16)13-9-15(18-11-13)17-10-12-7-4-3-5-8-12/h9,11-12,14,16H,2-8,10H2,1H3. The van der Waals surface area contributed by atoms with E-state index in [1.807, 2.05) is 6.07 Å². The summed E-state index contributed by atoms with van der Waals surface area (Å²) < 4.78 is 11.0. The van der Waals surface area contributed by atoms with Crippen LogP contribution in [0.5, 0.6) is 5.95 Å². The van der Waals surface area contributed by atoms with Crippen LogP contribution in [0.2, 0.25) is 0 Å². The maximum absolute atomic E-state index is 9.84. The van der Waals surface area contributed by atoms with E-state index < -0.39 is 6.10 Å². The molecule has 1 heterocycles. The van der Waals surface area contributed by atoms with Gasteiger partial charge in [0.25, 0.3) is 5.95 Å². The van der Waals surface area contributed by atoms with Crippen molar-refractivity contribution in [1.29, 1.82) is 0 Å². The molecule has 1 atom stereocenters. The van der Waals surface area contributed by atoms with E-state index in [9.17, 15) is 5.11 Å². The van der Waals surface area contributed by atoms with Crippen LogP contribution in [-0.2, 0) is 0 Å². The van der Waals surface area contributed by atoms with Crippen molar-refractivity contribution in [3.8, 4) is 5.95 Å². The first-order valence-corrected chi connectivity index (χ1v) is 7.19. The molecule has 3 heteroatoms. The number of aliphatic hydroxyl groups excluding tert-OH is 1. The van der Waals surface area contributed by atoms with Crippen molar-refractivity contribution in [3.05, 3.63) is 17.9 Å². The third kappa shape index (κ3) is 3.77. The van der Waals surface area contributed by atoms with Gasteiger partial charge in [-0.1, -0.05) is 32.6 Å². The van der Waals surface area contributed by atoms with E-state index in [1.54, 1.807) is 6.26 Å². The van der Waals surface area contributed by atoms with Gasteiger partial charge in [-0.3, -0.25) is 0 Å². The Morgan fingerprint density at radius 1 is 1.39 bits per heavy atom. The maximum atomic E-state index is 9.84. The van der Waals surface area contributed by atoms with Crippen molar-refractivity contribution >= 4 is 0 Å². The second-order valence-corrected chi connectivity index (χ2v) is 5.32. The molecule has 0 spiro atoms. The summed E-state index contributed by atoms with van der Waals surface area (Å²) in [5.74, 6) is 1.22. The topological polar surface area (TPSA) is 42.6 Å². The van der Waals surface area contributed by atoms with Crippen molar-refractivity contribution in [3.63, 3.8) is 0 Å². The molecule has 1 aliphatic rings. The van der Waals surface area contributed by atoms with E-state index in [0.717, 1.165) is 25.0 Å². The Morgan fingerprint density at radius 2 is 2.17 bits per heavy atom. The van der Waals surface area contributed by atoms with Crippen LogP contribution in [0.25, 0.3) is 0 Å². The molecule has 1 saturated carbocycles. The van der Waals surface area contributed by atoms with Crippen LogP contribution in [0.15, 0.2) is 16.7 Å². The van der Waals surface area contributed by atoms with Gasteiger partial charge < -0.3 is 14.3 Å². The van der Waals surface area contributed by atoms with Crippen LogP contribution < -0.4 is 4.74 Å². The quantitative estimate of drug-likeness (QED) is 0.829. The Kier molecular flexibility index (Phi) is 5.12. The average Bonchev–Trinajstić information content (AvgIpc) is 2.87. The molecule has 1 aromatic heterocycles. The summed E-state index contributed by atoms with van der Waals surface area (Å²) in [4.78, 5) is 0. The van der Waals surface area contributed by atoms with Crippen molar-refractivity contribution in [2.24, 2.45) is 5.92 Å². The normalized spacial score (nSPS) is 18.8. The highest BCUT2D eigenvalue weighted by molar-refractivity contribution is 5.19. The lowest BCUT2D eigenvalue weighted by molar-refractivity contribution is 0.165. The Balaban J connectivity index is 1.79. The fourth-order valence-corrected chi connectivity index (χ4v) is 2.57. The van der Waals surface area contributed by atoms with Gasteiger partial charge in [0.1, 0.15) is 6.26 Å². The SMILES string of the molecule is CCCC(O)c1coc(OCC2CCCCC2)c1. The molecule has 0 radical (unpaired) electrons. The Hall–Kier alpha value is -0.960. The van der Waals surface area contributed by atoms with Gasteiger partial charge in [0.05, 0.1) is 12.7 Å². The van der Waals surface area contributed by atoms with Gasteiger partial charge in [-0.05, 0) is 25.2 Å². The van der Waals surface area contributed by atoms with E-state index in [4.69, 9.17) is 9.15 Å². The molecule has 0 saturated heterocycles. The largest absolute Gasteiger partial charge is 0.465 e. The Bertz CT molecular complexity index is 339. The van der Waals surface area contributed by atoms with Gasteiger partial charge in [-0.15, -0.1) is 0 Å². The number of hydrogen-bond acceptors (Lipinski definition) is 3. The first-order valence-electron chi connectivity index (χ1n) is 7.19. The van der Waals surface area contributed by atoms with Gasteiger partial charge in [0, 0.05) is 11.6 Å². The number of aliphatic hydroxyl groups is 1. The smallest absolute Gasteiger partial charge is 0.284 e. The predicted octanol–water partition coefficient (Wildman–Crippen LogP) is 4.07. The molecule has 1 fully saturated rings. The van der Waals surface area contributed by atoms with Crippen LogP contribution in [0.4, 0.5) is 0 Å². The zero-order valence-corrected chi connectivity index (χ0v) is 11.2. The summed E-state index contributed by atoms with van der Waals surface area (Å²) in [5, 5.41) is 9.84. The van der Waals surface area contributed by atoms with E-state index >= 15 is 0 Å². The number of furan rings is 1. The summed E-state index contributed by atoms with van der Waals surface area (Å²) in [7, 11) is 0. The fraction of sp³-hybridized carbons (Fsp3) is 0.733. The Morgan fingerprint density at radius 3 is 2.89 bits per heavy atom. The first kappa shape index (κ1) is 13.5. The number of rotatable bonds is 6. The molecule has 0 aliphatic heterocycles. The monoisotopic (exact) mass is 252 g/mol. The Labute approximate surface area is 109 Å². The molecule has 1 N–H and O–H groups in total. The van der Waals surface area contributed by atoms with Gasteiger partial charge in [-0.25, -0.2) is 0 Å². The molecular weight excluding hydrogens is 228 g/mol. The van der Waals surface area contributed by atoms with E-state index in [2.05, 4.69) is 6.92 Å². The van der Waals surface area contributed by atoms with Crippen molar-refractivity contribution in [2.75, 3.05) is 6.61 Å². The second kappa shape index (κ2) is 6.83. The zero-order valence-electron chi connectivity index (χ0n) is 11.2. The lowest BCUT2D eigenvalue weighted by atomic mass is 9.90. The molecule has 0 aromatic carbocycles. The molecule has 102 valence electrons. The molecule has 2 rings (SSSR count). The molecule has 1 aromatic rings. The third-order valence-corrected chi connectivity index (χ3v) is 3.73. The van der Waals surface area contributed by atoms with Crippen molar-refractivity contribution in [1.82, 2.24) is 0 Å². The summed E-state index contributed by atoms with van der Waals surface area (Å²) in [6.45, 7) is 2.81. The summed E-state index contributed by atoms with van der Waals surface area (Å²) in [6.07, 6.45) is 9.47. The average molecular weight is 252 g/mol. The lowest BCUT2D eigenvalue weighted by Crippen LogP contribution is -2.14. The molecular formula is C15H24O3. The molecule has 0 bridgehead atoms. The van der Waals surface area contributed by atoms with Gasteiger partial charge >= 0.3 is 0 Å².